The van der Waals surface area contributed by atoms with Crippen molar-refractivity contribution < 1.29 is 40.2 Å². The van der Waals surface area contributed by atoms with Crippen LogP contribution in [-0.4, -0.2) is 30.8 Å². The normalized spacial score (nSPS) is 14.2. The van der Waals surface area contributed by atoms with E-state index >= 15 is 0 Å². The number of ether oxygens (including phenoxy) is 1. The number of nitrogens with zero attached hydrogens (tertiary/aromatic N) is 1. The number of alkyl halides is 3. The van der Waals surface area contributed by atoms with Gasteiger partial charge in [0.25, 0.3) is 11.8 Å². The van der Waals surface area contributed by atoms with Crippen LogP contribution in [0.4, 0.5) is 13.2 Å². The first kappa shape index (κ1) is 21.8. The van der Waals surface area contributed by atoms with Gasteiger partial charge in [0.05, 0.1) is 11.1 Å². The van der Waals surface area contributed by atoms with Crippen LogP contribution in [0.1, 0.15) is 31.8 Å². The summed E-state index contributed by atoms with van der Waals surface area (Å²) >= 11 is 0. The molecule has 0 spiro atoms. The maximum absolute atomic E-state index is 12.7. The second kappa shape index (κ2) is 7.31. The fraction of sp³-hybridized carbons (Fsp3) is 0.143. The Balaban J connectivity index is 1.80. The Morgan fingerprint density at radius 1 is 0.875 bits per heavy atom. The summed E-state index contributed by atoms with van der Waals surface area (Å²) in [7, 11) is -6.23. The summed E-state index contributed by atoms with van der Waals surface area (Å²) in [4.78, 5) is 25.4. The number of imide groups is 1. The zero-order valence-electron chi connectivity index (χ0n) is 16.6. The van der Waals surface area contributed by atoms with Gasteiger partial charge in [-0.25, -0.2) is 0 Å². The zero-order valence-corrected chi connectivity index (χ0v) is 17.4. The van der Waals surface area contributed by atoms with Gasteiger partial charge in [0.1, 0.15) is 11.5 Å². The maximum atomic E-state index is 12.7. The highest BCUT2D eigenvalue weighted by Gasteiger charge is 2.51. The smallest absolute Gasteiger partial charge is 0.457 e. The van der Waals surface area contributed by atoms with Crippen molar-refractivity contribution >= 4 is 32.7 Å². The number of halogens is 3. The third-order valence-corrected chi connectivity index (χ3v) is 5.90. The Morgan fingerprint density at radius 3 is 2.16 bits per heavy atom. The van der Waals surface area contributed by atoms with Crippen molar-refractivity contribution in [3.63, 3.8) is 0 Å². The standard InChI is InChI=1S/C21H14F3NO6S/c1-11-6-7-13(10-12(11)2)30-17-9-8-16-18-14(17)4-3-5-15(18)19(26)25(20(16)27)31-32(28,29)21(22,23)24/h3-10H,1-2H3. The van der Waals surface area contributed by atoms with Crippen molar-refractivity contribution in [1.82, 2.24) is 5.06 Å². The van der Waals surface area contributed by atoms with Gasteiger partial charge in [-0.1, -0.05) is 18.2 Å². The van der Waals surface area contributed by atoms with Crippen LogP contribution in [0.15, 0.2) is 48.5 Å². The molecule has 3 aromatic carbocycles. The van der Waals surface area contributed by atoms with Gasteiger partial charge in [-0.05, 0) is 55.3 Å². The van der Waals surface area contributed by atoms with E-state index < -0.39 is 32.5 Å². The summed E-state index contributed by atoms with van der Waals surface area (Å²) in [6.07, 6.45) is 0. The highest BCUT2D eigenvalue weighted by atomic mass is 32.2. The summed E-state index contributed by atoms with van der Waals surface area (Å²) in [5, 5.41) is 0.0652. The predicted octanol–water partition coefficient (Wildman–Crippen LogP) is 4.63. The van der Waals surface area contributed by atoms with Gasteiger partial charge in [-0.3, -0.25) is 9.59 Å². The molecule has 7 nitrogen and oxygen atoms in total. The molecule has 2 amide bonds. The van der Waals surface area contributed by atoms with Crippen molar-refractivity contribution in [3.8, 4) is 11.5 Å². The molecule has 0 atom stereocenters. The first-order valence-electron chi connectivity index (χ1n) is 9.11. The van der Waals surface area contributed by atoms with Gasteiger partial charge in [0.15, 0.2) is 0 Å². The van der Waals surface area contributed by atoms with E-state index in [-0.39, 0.29) is 16.5 Å². The summed E-state index contributed by atoms with van der Waals surface area (Å²) in [6.45, 7) is 3.84. The van der Waals surface area contributed by atoms with Gasteiger partial charge in [0, 0.05) is 10.8 Å². The van der Waals surface area contributed by atoms with Crippen LogP contribution in [0.2, 0.25) is 0 Å². The summed E-state index contributed by atoms with van der Waals surface area (Å²) in [6, 6.07) is 12.3. The minimum atomic E-state index is -6.23. The quantitative estimate of drug-likeness (QED) is 0.412. The fourth-order valence-electron chi connectivity index (χ4n) is 3.25. The van der Waals surface area contributed by atoms with Crippen molar-refractivity contribution in [2.45, 2.75) is 19.4 Å². The van der Waals surface area contributed by atoms with E-state index in [2.05, 4.69) is 4.28 Å². The molecule has 166 valence electrons. The largest absolute Gasteiger partial charge is 0.525 e. The molecule has 0 saturated heterocycles. The topological polar surface area (TPSA) is 90.0 Å². The summed E-state index contributed by atoms with van der Waals surface area (Å²) < 4.78 is 70.6. The Bertz CT molecular complexity index is 1380. The molecule has 0 N–H and O–H groups in total. The highest BCUT2D eigenvalue weighted by Crippen LogP contribution is 2.38. The Morgan fingerprint density at radius 2 is 1.53 bits per heavy atom. The molecule has 3 aromatic rings. The number of benzene rings is 3. The molecule has 0 aliphatic carbocycles. The third kappa shape index (κ3) is 3.49. The van der Waals surface area contributed by atoms with Gasteiger partial charge in [-0.2, -0.15) is 21.6 Å². The number of aryl methyl sites for hydroxylation is 2. The van der Waals surface area contributed by atoms with Crippen LogP contribution in [0.5, 0.6) is 11.5 Å². The van der Waals surface area contributed by atoms with Crippen molar-refractivity contribution in [2.24, 2.45) is 0 Å². The van der Waals surface area contributed by atoms with Crippen LogP contribution in [0.3, 0.4) is 0 Å². The maximum Gasteiger partial charge on any atom is 0.525 e. The Labute approximate surface area is 180 Å². The number of carbonyl (C=O) groups excluding carboxylic acids is 2. The molecule has 0 bridgehead atoms. The van der Waals surface area contributed by atoms with Gasteiger partial charge < -0.3 is 4.74 Å². The molecule has 1 heterocycles. The van der Waals surface area contributed by atoms with Crippen LogP contribution in [0, 0.1) is 13.8 Å². The minimum Gasteiger partial charge on any atom is -0.457 e. The van der Waals surface area contributed by atoms with E-state index in [1.165, 1.54) is 24.3 Å². The van der Waals surface area contributed by atoms with E-state index in [0.29, 0.717) is 16.9 Å². The predicted molar refractivity (Wildman–Crippen MR) is 106 cm³/mol. The fourth-order valence-corrected chi connectivity index (χ4v) is 3.67. The number of hydrogen-bond donors (Lipinski definition) is 0. The highest BCUT2D eigenvalue weighted by molar-refractivity contribution is 7.87. The van der Waals surface area contributed by atoms with Gasteiger partial charge in [0.2, 0.25) is 0 Å². The number of hydroxylamine groups is 2. The van der Waals surface area contributed by atoms with E-state index in [1.54, 1.807) is 18.2 Å². The van der Waals surface area contributed by atoms with E-state index in [1.807, 2.05) is 19.9 Å². The molecule has 32 heavy (non-hydrogen) atoms. The number of amides is 2. The second-order valence-electron chi connectivity index (χ2n) is 7.07. The molecule has 0 saturated carbocycles. The lowest BCUT2D eigenvalue weighted by Gasteiger charge is -2.26. The zero-order chi connectivity index (χ0) is 23.4. The second-order valence-corrected chi connectivity index (χ2v) is 8.59. The SMILES string of the molecule is Cc1ccc(Oc2ccc3c4c(cccc24)C(=O)N(OS(=O)(=O)C(F)(F)F)C3=O)cc1C. The first-order valence-corrected chi connectivity index (χ1v) is 10.5. The molecular weight excluding hydrogens is 451 g/mol. The Kier molecular flexibility index (Phi) is 4.98. The average Bonchev–Trinajstić information content (AvgIpc) is 2.72. The van der Waals surface area contributed by atoms with Gasteiger partial charge in [-0.15, -0.1) is 9.35 Å². The molecular formula is C21H14F3NO6S. The lowest BCUT2D eigenvalue weighted by Crippen LogP contribution is -2.44. The average molecular weight is 465 g/mol. The Hall–Kier alpha value is -3.44. The first-order chi connectivity index (χ1) is 14.9. The summed E-state index contributed by atoms with van der Waals surface area (Å²) in [5.41, 5.74) is -4.20. The lowest BCUT2D eigenvalue weighted by molar-refractivity contribution is -0.0761. The molecule has 1 aliphatic rings. The summed E-state index contributed by atoms with van der Waals surface area (Å²) in [5.74, 6) is -1.89. The van der Waals surface area contributed by atoms with E-state index in [4.69, 9.17) is 4.74 Å². The van der Waals surface area contributed by atoms with Gasteiger partial charge >= 0.3 is 15.6 Å². The van der Waals surface area contributed by atoms with Crippen LogP contribution in [-0.2, 0) is 14.4 Å². The van der Waals surface area contributed by atoms with Crippen LogP contribution < -0.4 is 4.74 Å². The van der Waals surface area contributed by atoms with Crippen molar-refractivity contribution in [1.29, 1.82) is 0 Å². The van der Waals surface area contributed by atoms with Crippen molar-refractivity contribution in [2.75, 3.05) is 0 Å². The molecule has 0 unspecified atom stereocenters. The molecule has 1 aliphatic heterocycles. The van der Waals surface area contributed by atoms with Crippen LogP contribution in [0.25, 0.3) is 10.8 Å². The van der Waals surface area contributed by atoms with Crippen molar-refractivity contribution in [3.05, 3.63) is 70.8 Å². The monoisotopic (exact) mass is 465 g/mol. The minimum absolute atomic E-state index is 0.119. The molecule has 4 rings (SSSR count). The number of rotatable bonds is 4. The third-order valence-electron chi connectivity index (χ3n) is 4.99. The molecule has 0 aromatic heterocycles. The molecule has 11 heteroatoms. The number of hydrogen-bond acceptors (Lipinski definition) is 6. The molecule has 0 fully saturated rings. The number of carbonyl (C=O) groups is 2. The van der Waals surface area contributed by atoms with E-state index in [9.17, 15) is 31.2 Å². The van der Waals surface area contributed by atoms with Crippen LogP contribution >= 0.6 is 0 Å². The van der Waals surface area contributed by atoms with E-state index in [0.717, 1.165) is 11.1 Å². The lowest BCUT2D eigenvalue weighted by atomic mass is 9.94. The molecule has 0 radical (unpaired) electrons.